The van der Waals surface area contributed by atoms with Gasteiger partial charge in [-0.3, -0.25) is 9.78 Å². The monoisotopic (exact) mass is 341 g/mol. The molecular formula is C19H23N3OS. The molecule has 0 spiro atoms. The first kappa shape index (κ1) is 16.8. The Balaban J connectivity index is 1.54. The van der Waals surface area contributed by atoms with Crippen LogP contribution in [-0.4, -0.2) is 47.7 Å². The molecule has 2 heterocycles. The lowest BCUT2D eigenvalue weighted by Crippen LogP contribution is -2.36. The van der Waals surface area contributed by atoms with E-state index >= 15 is 0 Å². The lowest BCUT2D eigenvalue weighted by Gasteiger charge is -2.23. The molecule has 0 N–H and O–H groups in total. The van der Waals surface area contributed by atoms with E-state index in [9.17, 15) is 4.79 Å². The number of carbonyl (C=O) groups excluding carboxylic acids is 1. The van der Waals surface area contributed by atoms with Crippen molar-refractivity contribution in [1.82, 2.24) is 9.88 Å². The molecule has 0 atom stereocenters. The van der Waals surface area contributed by atoms with E-state index in [1.54, 1.807) is 11.8 Å². The number of benzene rings is 1. The zero-order valence-corrected chi connectivity index (χ0v) is 14.8. The highest BCUT2D eigenvalue weighted by Crippen LogP contribution is 2.19. The van der Waals surface area contributed by atoms with Gasteiger partial charge in [0.15, 0.2) is 0 Å². The summed E-state index contributed by atoms with van der Waals surface area (Å²) in [6.45, 7) is 5.51. The van der Waals surface area contributed by atoms with Crippen LogP contribution < -0.4 is 4.90 Å². The fourth-order valence-electron chi connectivity index (χ4n) is 2.91. The van der Waals surface area contributed by atoms with Gasteiger partial charge in [0.1, 0.15) is 0 Å². The van der Waals surface area contributed by atoms with Gasteiger partial charge in [-0.25, -0.2) is 0 Å². The summed E-state index contributed by atoms with van der Waals surface area (Å²) < 4.78 is 0. The molecule has 1 aromatic carbocycles. The van der Waals surface area contributed by atoms with E-state index < -0.39 is 0 Å². The molecule has 1 aliphatic heterocycles. The van der Waals surface area contributed by atoms with E-state index in [1.807, 2.05) is 48.4 Å². The maximum Gasteiger partial charge on any atom is 0.232 e. The number of hydrogen-bond acceptors (Lipinski definition) is 4. The molecular weight excluding hydrogens is 318 g/mol. The quantitative estimate of drug-likeness (QED) is 0.800. The highest BCUT2D eigenvalue weighted by molar-refractivity contribution is 8.00. The van der Waals surface area contributed by atoms with Crippen LogP contribution in [0.3, 0.4) is 0 Å². The van der Waals surface area contributed by atoms with Gasteiger partial charge in [-0.1, -0.05) is 18.2 Å². The minimum atomic E-state index is 0.233. The summed E-state index contributed by atoms with van der Waals surface area (Å²) in [7, 11) is 0. The zero-order chi connectivity index (χ0) is 16.8. The Labute approximate surface area is 147 Å². The first-order chi connectivity index (χ1) is 11.7. The number of rotatable bonds is 4. The van der Waals surface area contributed by atoms with Crippen molar-refractivity contribution >= 4 is 23.4 Å². The fraction of sp³-hybridized carbons (Fsp3) is 0.368. The van der Waals surface area contributed by atoms with E-state index in [0.717, 1.165) is 43.2 Å². The second-order valence-electron chi connectivity index (χ2n) is 5.98. The zero-order valence-electron chi connectivity index (χ0n) is 14.0. The normalized spacial score (nSPS) is 15.2. The van der Waals surface area contributed by atoms with Gasteiger partial charge < -0.3 is 9.80 Å². The van der Waals surface area contributed by atoms with E-state index in [4.69, 9.17) is 0 Å². The van der Waals surface area contributed by atoms with Gasteiger partial charge in [0.25, 0.3) is 0 Å². The van der Waals surface area contributed by atoms with Gasteiger partial charge in [-0.2, -0.15) is 0 Å². The second-order valence-corrected chi connectivity index (χ2v) is 7.03. The molecule has 4 nitrogen and oxygen atoms in total. The predicted octanol–water partition coefficient (Wildman–Crippen LogP) is 3.22. The SMILES string of the molecule is Cc1cc(N2CCCN(C(=O)CSc3ccccc3)CC2)ccn1. The van der Waals surface area contributed by atoms with Crippen molar-refractivity contribution in [3.63, 3.8) is 0 Å². The minimum absolute atomic E-state index is 0.233. The molecule has 1 amide bonds. The van der Waals surface area contributed by atoms with Crippen LogP contribution in [0.15, 0.2) is 53.6 Å². The molecule has 3 rings (SSSR count). The van der Waals surface area contributed by atoms with Crippen LogP contribution in [0.2, 0.25) is 0 Å². The van der Waals surface area contributed by atoms with Crippen LogP contribution in [0.25, 0.3) is 0 Å². The third-order valence-electron chi connectivity index (χ3n) is 4.20. The van der Waals surface area contributed by atoms with Crippen molar-refractivity contribution in [2.24, 2.45) is 0 Å². The first-order valence-corrected chi connectivity index (χ1v) is 9.34. The Morgan fingerprint density at radius 3 is 2.75 bits per heavy atom. The largest absolute Gasteiger partial charge is 0.370 e. The molecule has 2 aromatic rings. The number of aromatic nitrogens is 1. The predicted molar refractivity (Wildman–Crippen MR) is 99.6 cm³/mol. The Morgan fingerprint density at radius 2 is 1.96 bits per heavy atom. The summed E-state index contributed by atoms with van der Waals surface area (Å²) in [5.74, 6) is 0.745. The minimum Gasteiger partial charge on any atom is -0.370 e. The molecule has 1 aliphatic rings. The maximum atomic E-state index is 12.5. The lowest BCUT2D eigenvalue weighted by molar-refractivity contribution is -0.128. The first-order valence-electron chi connectivity index (χ1n) is 8.35. The highest BCUT2D eigenvalue weighted by atomic mass is 32.2. The molecule has 24 heavy (non-hydrogen) atoms. The molecule has 0 unspecified atom stereocenters. The van der Waals surface area contributed by atoms with E-state index in [1.165, 1.54) is 5.69 Å². The van der Waals surface area contributed by atoms with Crippen LogP contribution in [0.1, 0.15) is 12.1 Å². The van der Waals surface area contributed by atoms with Crippen LogP contribution in [-0.2, 0) is 4.79 Å². The Hall–Kier alpha value is -2.01. The summed E-state index contributed by atoms with van der Waals surface area (Å²) in [4.78, 5) is 22.3. The van der Waals surface area contributed by atoms with E-state index in [0.29, 0.717) is 5.75 Å². The van der Waals surface area contributed by atoms with Crippen LogP contribution in [0.4, 0.5) is 5.69 Å². The number of amides is 1. The van der Waals surface area contributed by atoms with Gasteiger partial charge in [-0.15, -0.1) is 11.8 Å². The van der Waals surface area contributed by atoms with Crippen molar-refractivity contribution in [3.8, 4) is 0 Å². The van der Waals surface area contributed by atoms with Gasteiger partial charge >= 0.3 is 0 Å². The molecule has 0 bridgehead atoms. The number of anilines is 1. The standard InChI is InChI=1S/C19H23N3OS/c1-16-14-17(8-9-20-16)21-10-5-11-22(13-12-21)19(23)15-24-18-6-3-2-4-7-18/h2-4,6-9,14H,5,10-13,15H2,1H3. The van der Waals surface area contributed by atoms with Gasteiger partial charge in [0, 0.05) is 48.7 Å². The van der Waals surface area contributed by atoms with Crippen molar-refractivity contribution in [2.45, 2.75) is 18.2 Å². The smallest absolute Gasteiger partial charge is 0.232 e. The third-order valence-corrected chi connectivity index (χ3v) is 5.20. The topological polar surface area (TPSA) is 36.4 Å². The average Bonchev–Trinajstić information content (AvgIpc) is 2.87. The molecule has 0 aliphatic carbocycles. The summed E-state index contributed by atoms with van der Waals surface area (Å²) >= 11 is 1.62. The van der Waals surface area contributed by atoms with Gasteiger partial charge in [0.2, 0.25) is 5.91 Å². The fourth-order valence-corrected chi connectivity index (χ4v) is 3.73. The number of nitrogens with zero attached hydrogens (tertiary/aromatic N) is 3. The lowest BCUT2D eigenvalue weighted by atomic mass is 10.3. The summed E-state index contributed by atoms with van der Waals surface area (Å²) in [6, 6.07) is 14.3. The van der Waals surface area contributed by atoms with Crippen LogP contribution in [0, 0.1) is 6.92 Å². The number of pyridine rings is 1. The Kier molecular flexibility index (Phi) is 5.75. The van der Waals surface area contributed by atoms with Gasteiger partial charge in [-0.05, 0) is 37.6 Å². The van der Waals surface area contributed by atoms with E-state index in [2.05, 4.69) is 22.0 Å². The van der Waals surface area contributed by atoms with E-state index in [-0.39, 0.29) is 5.91 Å². The molecule has 5 heteroatoms. The van der Waals surface area contributed by atoms with Crippen molar-refractivity contribution in [3.05, 3.63) is 54.4 Å². The number of carbonyl (C=O) groups is 1. The second kappa shape index (κ2) is 8.20. The molecule has 0 saturated carbocycles. The maximum absolute atomic E-state index is 12.5. The van der Waals surface area contributed by atoms with Crippen molar-refractivity contribution < 1.29 is 4.79 Å². The summed E-state index contributed by atoms with van der Waals surface area (Å²) in [5.41, 5.74) is 2.24. The molecule has 1 fully saturated rings. The molecule has 1 saturated heterocycles. The number of hydrogen-bond donors (Lipinski definition) is 0. The number of thioether (sulfide) groups is 1. The summed E-state index contributed by atoms with van der Waals surface area (Å²) in [6.07, 6.45) is 2.86. The van der Waals surface area contributed by atoms with Crippen molar-refractivity contribution in [1.29, 1.82) is 0 Å². The number of aryl methyl sites for hydroxylation is 1. The Morgan fingerprint density at radius 1 is 1.12 bits per heavy atom. The Bertz CT molecular complexity index is 677. The van der Waals surface area contributed by atoms with Crippen LogP contribution >= 0.6 is 11.8 Å². The average molecular weight is 341 g/mol. The van der Waals surface area contributed by atoms with Crippen LogP contribution in [0.5, 0.6) is 0 Å². The molecule has 1 aromatic heterocycles. The third kappa shape index (κ3) is 4.51. The highest BCUT2D eigenvalue weighted by Gasteiger charge is 2.19. The molecule has 126 valence electrons. The van der Waals surface area contributed by atoms with Gasteiger partial charge in [0.05, 0.1) is 5.75 Å². The molecule has 0 radical (unpaired) electrons. The summed E-state index contributed by atoms with van der Waals surface area (Å²) in [5, 5.41) is 0. The van der Waals surface area contributed by atoms with Crippen molar-refractivity contribution in [2.75, 3.05) is 36.8 Å².